The number of carboxylic acids is 1. The number of aromatic nitrogens is 2. The third-order valence-corrected chi connectivity index (χ3v) is 3.60. The SMILES string of the molecule is Cc1ccc(C)c(-n2ncc(C(=O)NC(CF)C(=O)O)c2C)c1. The zero-order valence-corrected chi connectivity index (χ0v) is 13.1. The van der Waals surface area contributed by atoms with E-state index in [1.54, 1.807) is 11.6 Å². The van der Waals surface area contributed by atoms with Gasteiger partial charge in [-0.15, -0.1) is 0 Å². The van der Waals surface area contributed by atoms with E-state index < -0.39 is 24.6 Å². The molecule has 6 nitrogen and oxygen atoms in total. The highest BCUT2D eigenvalue weighted by molar-refractivity contribution is 5.97. The molecule has 0 saturated heterocycles. The maximum Gasteiger partial charge on any atom is 0.328 e. The maximum atomic E-state index is 12.6. The van der Waals surface area contributed by atoms with Crippen molar-refractivity contribution < 1.29 is 19.1 Å². The fraction of sp³-hybridized carbons (Fsp3) is 0.312. The van der Waals surface area contributed by atoms with Gasteiger partial charge in [-0.1, -0.05) is 12.1 Å². The number of carboxylic acid groups (broad SMARTS) is 1. The van der Waals surface area contributed by atoms with Crippen molar-refractivity contribution in [1.82, 2.24) is 15.1 Å². The second kappa shape index (κ2) is 6.60. The molecule has 1 heterocycles. The van der Waals surface area contributed by atoms with E-state index in [1.165, 1.54) is 6.20 Å². The number of carbonyl (C=O) groups excluding carboxylic acids is 1. The van der Waals surface area contributed by atoms with Gasteiger partial charge in [0, 0.05) is 0 Å². The Hall–Kier alpha value is -2.70. The van der Waals surface area contributed by atoms with Gasteiger partial charge in [0.2, 0.25) is 0 Å². The number of nitrogens with zero attached hydrogens (tertiary/aromatic N) is 2. The van der Waals surface area contributed by atoms with Gasteiger partial charge >= 0.3 is 5.97 Å². The van der Waals surface area contributed by atoms with E-state index in [9.17, 15) is 14.0 Å². The summed E-state index contributed by atoms with van der Waals surface area (Å²) in [6, 6.07) is 4.31. The molecule has 0 saturated carbocycles. The molecule has 0 aliphatic carbocycles. The number of halogens is 1. The minimum atomic E-state index is -1.56. The number of hydrogen-bond donors (Lipinski definition) is 2. The Balaban J connectivity index is 2.34. The second-order valence-corrected chi connectivity index (χ2v) is 5.36. The molecule has 0 aliphatic rings. The van der Waals surface area contributed by atoms with E-state index in [4.69, 9.17) is 5.11 Å². The normalized spacial score (nSPS) is 12.0. The molecule has 0 bridgehead atoms. The predicted octanol–water partition coefficient (Wildman–Crippen LogP) is 1.95. The van der Waals surface area contributed by atoms with Crippen LogP contribution in [0, 0.1) is 20.8 Å². The fourth-order valence-electron chi connectivity index (χ4n) is 2.23. The minimum absolute atomic E-state index is 0.214. The van der Waals surface area contributed by atoms with Crippen LogP contribution in [0.25, 0.3) is 5.69 Å². The highest BCUT2D eigenvalue weighted by Gasteiger charge is 2.23. The monoisotopic (exact) mass is 319 g/mol. The molecular weight excluding hydrogens is 301 g/mol. The first-order valence-electron chi connectivity index (χ1n) is 7.07. The molecule has 2 rings (SSSR count). The van der Waals surface area contributed by atoms with Crippen LogP contribution in [0.15, 0.2) is 24.4 Å². The van der Waals surface area contributed by atoms with Crippen molar-refractivity contribution in [2.24, 2.45) is 0 Å². The molecule has 0 radical (unpaired) electrons. The molecule has 1 aromatic carbocycles. The van der Waals surface area contributed by atoms with Gasteiger partial charge < -0.3 is 10.4 Å². The smallest absolute Gasteiger partial charge is 0.328 e. The Morgan fingerprint density at radius 1 is 1.35 bits per heavy atom. The Bertz CT molecular complexity index is 755. The van der Waals surface area contributed by atoms with Crippen LogP contribution in [0.4, 0.5) is 4.39 Å². The van der Waals surface area contributed by atoms with Crippen LogP contribution < -0.4 is 5.32 Å². The van der Waals surface area contributed by atoms with Crippen LogP contribution in [-0.4, -0.2) is 39.5 Å². The van der Waals surface area contributed by atoms with Crippen molar-refractivity contribution in [2.75, 3.05) is 6.67 Å². The zero-order chi connectivity index (χ0) is 17.1. The number of alkyl halides is 1. The topological polar surface area (TPSA) is 84.2 Å². The van der Waals surface area contributed by atoms with Gasteiger partial charge in [0.25, 0.3) is 5.91 Å². The molecule has 1 atom stereocenters. The summed E-state index contributed by atoms with van der Waals surface area (Å²) in [4.78, 5) is 23.0. The first-order chi connectivity index (χ1) is 10.8. The van der Waals surface area contributed by atoms with Gasteiger partial charge in [-0.2, -0.15) is 5.10 Å². The highest BCUT2D eigenvalue weighted by atomic mass is 19.1. The summed E-state index contributed by atoms with van der Waals surface area (Å²) in [6.45, 7) is 4.41. The summed E-state index contributed by atoms with van der Waals surface area (Å²) in [7, 11) is 0. The van der Waals surface area contributed by atoms with Crippen molar-refractivity contribution in [3.8, 4) is 5.69 Å². The average Bonchev–Trinajstić information content (AvgIpc) is 2.88. The first-order valence-corrected chi connectivity index (χ1v) is 7.07. The lowest BCUT2D eigenvalue weighted by molar-refractivity contribution is -0.139. The van der Waals surface area contributed by atoms with Crippen molar-refractivity contribution in [3.63, 3.8) is 0 Å². The minimum Gasteiger partial charge on any atom is -0.480 e. The van der Waals surface area contributed by atoms with Crippen molar-refractivity contribution in [3.05, 3.63) is 46.8 Å². The summed E-state index contributed by atoms with van der Waals surface area (Å²) < 4.78 is 14.2. The third kappa shape index (κ3) is 3.39. The standard InChI is InChI=1S/C16H18FN3O3/c1-9-4-5-10(2)14(6-9)20-11(3)12(8-18-20)15(21)19-13(7-17)16(22)23/h4-6,8,13H,7H2,1-3H3,(H,19,21)(H,22,23). The lowest BCUT2D eigenvalue weighted by atomic mass is 10.1. The molecule has 0 aliphatic heterocycles. The van der Waals surface area contributed by atoms with Gasteiger partial charge in [0.1, 0.15) is 6.67 Å². The number of carbonyl (C=O) groups is 2. The molecule has 122 valence electrons. The Morgan fingerprint density at radius 2 is 2.04 bits per heavy atom. The Kier molecular flexibility index (Phi) is 4.78. The van der Waals surface area contributed by atoms with Gasteiger partial charge in [0.15, 0.2) is 6.04 Å². The number of hydrogen-bond acceptors (Lipinski definition) is 3. The van der Waals surface area contributed by atoms with Gasteiger partial charge in [-0.25, -0.2) is 13.9 Å². The predicted molar refractivity (Wildman–Crippen MR) is 82.6 cm³/mol. The number of amides is 1. The van der Waals surface area contributed by atoms with Crippen LogP contribution in [-0.2, 0) is 4.79 Å². The maximum absolute atomic E-state index is 12.6. The van der Waals surface area contributed by atoms with E-state index in [1.807, 2.05) is 32.0 Å². The number of benzene rings is 1. The van der Waals surface area contributed by atoms with Gasteiger partial charge in [-0.3, -0.25) is 4.79 Å². The zero-order valence-electron chi connectivity index (χ0n) is 13.1. The van der Waals surface area contributed by atoms with E-state index in [0.29, 0.717) is 5.69 Å². The van der Waals surface area contributed by atoms with Crippen LogP contribution in [0.2, 0.25) is 0 Å². The lowest BCUT2D eigenvalue weighted by Gasteiger charge is -2.12. The van der Waals surface area contributed by atoms with E-state index in [0.717, 1.165) is 16.8 Å². The van der Waals surface area contributed by atoms with Crippen molar-refractivity contribution >= 4 is 11.9 Å². The molecule has 7 heteroatoms. The molecular formula is C16H18FN3O3. The van der Waals surface area contributed by atoms with Crippen LogP contribution in [0.3, 0.4) is 0 Å². The highest BCUT2D eigenvalue weighted by Crippen LogP contribution is 2.19. The van der Waals surface area contributed by atoms with Crippen LogP contribution in [0.5, 0.6) is 0 Å². The molecule has 1 amide bonds. The molecule has 1 aromatic heterocycles. The molecule has 0 spiro atoms. The fourth-order valence-corrected chi connectivity index (χ4v) is 2.23. The summed E-state index contributed by atoms with van der Waals surface area (Å²) in [5, 5.41) is 15.2. The van der Waals surface area contributed by atoms with Crippen molar-refractivity contribution in [2.45, 2.75) is 26.8 Å². The summed E-state index contributed by atoms with van der Waals surface area (Å²) >= 11 is 0. The number of rotatable bonds is 5. The number of aliphatic carboxylic acids is 1. The average molecular weight is 319 g/mol. The number of aryl methyl sites for hydroxylation is 2. The van der Waals surface area contributed by atoms with Crippen LogP contribution in [0.1, 0.15) is 27.2 Å². The molecule has 23 heavy (non-hydrogen) atoms. The van der Waals surface area contributed by atoms with E-state index >= 15 is 0 Å². The second-order valence-electron chi connectivity index (χ2n) is 5.36. The Labute approximate surface area is 132 Å². The van der Waals surface area contributed by atoms with Crippen molar-refractivity contribution in [1.29, 1.82) is 0 Å². The summed E-state index contributed by atoms with van der Waals surface area (Å²) in [5.74, 6) is -2.08. The van der Waals surface area contributed by atoms with Crippen LogP contribution >= 0.6 is 0 Å². The largest absolute Gasteiger partial charge is 0.480 e. The molecule has 2 N–H and O–H groups in total. The van der Waals surface area contributed by atoms with Gasteiger partial charge in [0.05, 0.1) is 23.1 Å². The molecule has 2 aromatic rings. The summed E-state index contributed by atoms with van der Waals surface area (Å²) in [5.41, 5.74) is 3.64. The molecule has 1 unspecified atom stereocenters. The molecule has 0 fully saturated rings. The van der Waals surface area contributed by atoms with E-state index in [-0.39, 0.29) is 5.56 Å². The van der Waals surface area contributed by atoms with E-state index in [2.05, 4.69) is 10.4 Å². The lowest BCUT2D eigenvalue weighted by Crippen LogP contribution is -2.42. The Morgan fingerprint density at radius 3 is 2.65 bits per heavy atom. The van der Waals surface area contributed by atoms with Gasteiger partial charge in [-0.05, 0) is 38.0 Å². The first kappa shape index (κ1) is 16.7. The third-order valence-electron chi connectivity index (χ3n) is 3.60. The quantitative estimate of drug-likeness (QED) is 0.882. The number of nitrogens with one attached hydrogen (secondary N) is 1. The summed E-state index contributed by atoms with van der Waals surface area (Å²) in [6.07, 6.45) is 1.35.